The Balaban J connectivity index is 1.73. The Labute approximate surface area is 222 Å². The number of carbonyl (C=O) groups excluding carboxylic acids is 2. The number of thiophene rings is 1. The van der Waals surface area contributed by atoms with Crippen LogP contribution in [0.25, 0.3) is 0 Å². The van der Waals surface area contributed by atoms with Crippen molar-refractivity contribution in [3.05, 3.63) is 51.5 Å². The van der Waals surface area contributed by atoms with E-state index >= 15 is 0 Å². The van der Waals surface area contributed by atoms with Gasteiger partial charge in [-0.05, 0) is 61.2 Å². The third-order valence-corrected chi connectivity index (χ3v) is 7.55. The number of rotatable bonds is 13. The molecular formula is C25H29FN6O5S. The van der Waals surface area contributed by atoms with Crippen LogP contribution in [0, 0.1) is 16.6 Å². The molecule has 38 heavy (non-hydrogen) atoms. The topological polar surface area (TPSA) is 180 Å². The minimum Gasteiger partial charge on any atom is -0.481 e. The number of benzene rings is 1. The van der Waals surface area contributed by atoms with E-state index in [0.717, 1.165) is 22.3 Å². The average molecular weight is 545 g/mol. The van der Waals surface area contributed by atoms with Gasteiger partial charge in [-0.15, -0.1) is 16.4 Å². The van der Waals surface area contributed by atoms with Crippen LogP contribution in [-0.2, 0) is 16.0 Å². The Morgan fingerprint density at radius 3 is 2.58 bits per heavy atom. The van der Waals surface area contributed by atoms with Crippen LogP contribution in [-0.4, -0.2) is 47.1 Å². The van der Waals surface area contributed by atoms with Crippen LogP contribution < -0.4 is 15.8 Å². The standard InChI is InChI=1S/C25H29FN6O5S/c1-3-25(4-2,24(36)30-17(7-10-21(33)34)18-13-29-32-31-18)12-15-6-9-20(38-15)23(35)37-19-8-5-14(22(27)28)11-16(19)26/h5-6,8-9,11,17H,3-4,7,10,12-13H2,1-2H3,(H3,27,28)(H,30,36)(H,33,34)/t17-/m0/s1. The molecule has 0 fully saturated rings. The SMILES string of the molecule is CCC(CC)(Cc1ccc(C(=O)Oc2ccc(C(=N)N)cc2F)s1)C(=O)N[C@@H](CCC(=O)O)C1=NN=NC1. The molecule has 11 nitrogen and oxygen atoms in total. The van der Waals surface area contributed by atoms with Crippen molar-refractivity contribution in [1.29, 1.82) is 5.41 Å². The first-order chi connectivity index (χ1) is 18.1. The van der Waals surface area contributed by atoms with Gasteiger partial charge in [-0.3, -0.25) is 15.0 Å². The highest BCUT2D eigenvalue weighted by Crippen LogP contribution is 2.35. The van der Waals surface area contributed by atoms with Crippen molar-refractivity contribution in [2.24, 2.45) is 26.6 Å². The minimum absolute atomic E-state index is 0.149. The highest BCUT2D eigenvalue weighted by atomic mass is 32.1. The Morgan fingerprint density at radius 1 is 1.26 bits per heavy atom. The third-order valence-electron chi connectivity index (χ3n) is 6.48. The number of carboxylic acid groups (broad SMARTS) is 1. The minimum atomic E-state index is -0.985. The fourth-order valence-electron chi connectivity index (χ4n) is 4.02. The molecular weight excluding hydrogens is 515 g/mol. The number of carboxylic acids is 1. The molecule has 2 heterocycles. The molecule has 0 radical (unpaired) electrons. The highest BCUT2D eigenvalue weighted by molar-refractivity contribution is 7.14. The smallest absolute Gasteiger partial charge is 0.353 e. The van der Waals surface area contributed by atoms with Crippen LogP contribution in [0.4, 0.5) is 4.39 Å². The first-order valence-corrected chi connectivity index (χ1v) is 12.8. The Hall–Kier alpha value is -4.00. The van der Waals surface area contributed by atoms with Crippen LogP contribution in [0.15, 0.2) is 45.8 Å². The van der Waals surface area contributed by atoms with E-state index in [2.05, 4.69) is 20.8 Å². The van der Waals surface area contributed by atoms with Crippen LogP contribution in [0.5, 0.6) is 5.75 Å². The zero-order valence-corrected chi connectivity index (χ0v) is 21.8. The zero-order chi connectivity index (χ0) is 27.9. The normalized spacial score (nSPS) is 13.6. The summed E-state index contributed by atoms with van der Waals surface area (Å²) in [4.78, 5) is 38.3. The van der Waals surface area contributed by atoms with Crippen LogP contribution in [0.3, 0.4) is 0 Å². The predicted molar refractivity (Wildman–Crippen MR) is 139 cm³/mol. The molecule has 1 atom stereocenters. The number of nitrogens with zero attached hydrogens (tertiary/aromatic N) is 3. The number of halogens is 1. The number of aliphatic carboxylic acids is 1. The molecule has 0 saturated heterocycles. The van der Waals surface area contributed by atoms with E-state index in [9.17, 15) is 18.8 Å². The fourth-order valence-corrected chi connectivity index (χ4v) is 5.05. The Bertz CT molecular complexity index is 1290. The summed E-state index contributed by atoms with van der Waals surface area (Å²) in [6, 6.07) is 6.31. The van der Waals surface area contributed by atoms with Crippen molar-refractivity contribution in [3.63, 3.8) is 0 Å². The number of hydrogen-bond donors (Lipinski definition) is 4. The zero-order valence-electron chi connectivity index (χ0n) is 21.0. The first kappa shape index (κ1) is 28.6. The second kappa shape index (κ2) is 12.5. The van der Waals surface area contributed by atoms with Gasteiger partial charge in [0, 0.05) is 16.9 Å². The lowest BCUT2D eigenvalue weighted by Gasteiger charge is -2.32. The average Bonchev–Trinajstić information content (AvgIpc) is 3.58. The summed E-state index contributed by atoms with van der Waals surface area (Å²) in [6.45, 7) is 3.98. The van der Waals surface area contributed by atoms with Gasteiger partial charge in [0.25, 0.3) is 0 Å². The molecule has 0 aliphatic carbocycles. The molecule has 1 amide bonds. The maximum atomic E-state index is 14.3. The van der Waals surface area contributed by atoms with Crippen molar-refractivity contribution in [2.75, 3.05) is 6.54 Å². The molecule has 5 N–H and O–H groups in total. The summed E-state index contributed by atoms with van der Waals surface area (Å²) in [5.41, 5.74) is 5.20. The van der Waals surface area contributed by atoms with Crippen LogP contribution in [0.1, 0.15) is 59.6 Å². The molecule has 1 aliphatic heterocycles. The molecule has 0 spiro atoms. The van der Waals surface area contributed by atoms with Crippen molar-refractivity contribution in [2.45, 2.75) is 52.0 Å². The van der Waals surface area contributed by atoms with E-state index < -0.39 is 29.2 Å². The van der Waals surface area contributed by atoms with Gasteiger partial charge in [-0.1, -0.05) is 13.8 Å². The maximum Gasteiger partial charge on any atom is 0.353 e. The van der Waals surface area contributed by atoms with Gasteiger partial charge >= 0.3 is 11.9 Å². The largest absolute Gasteiger partial charge is 0.481 e. The molecule has 1 aromatic carbocycles. The van der Waals surface area contributed by atoms with E-state index in [-0.39, 0.29) is 47.3 Å². The van der Waals surface area contributed by atoms with Gasteiger partial charge in [-0.25, -0.2) is 9.18 Å². The fraction of sp³-hybridized carbons (Fsp3) is 0.400. The number of esters is 1. The summed E-state index contributed by atoms with van der Waals surface area (Å²) in [6.07, 6.45) is 1.33. The molecule has 202 valence electrons. The highest BCUT2D eigenvalue weighted by Gasteiger charge is 2.37. The van der Waals surface area contributed by atoms with Gasteiger partial charge in [0.05, 0.1) is 17.2 Å². The lowest BCUT2D eigenvalue weighted by molar-refractivity contribution is -0.137. The van der Waals surface area contributed by atoms with E-state index in [1.807, 2.05) is 13.8 Å². The number of hydrogen-bond acceptors (Lipinski definition) is 9. The predicted octanol–water partition coefficient (Wildman–Crippen LogP) is 3.91. The van der Waals surface area contributed by atoms with E-state index in [4.69, 9.17) is 21.0 Å². The van der Waals surface area contributed by atoms with Crippen LogP contribution >= 0.6 is 11.3 Å². The number of ether oxygens (including phenoxy) is 1. The second-order valence-electron chi connectivity index (χ2n) is 8.82. The van der Waals surface area contributed by atoms with Crippen molar-refractivity contribution in [1.82, 2.24) is 5.32 Å². The number of carbonyl (C=O) groups is 3. The second-order valence-corrected chi connectivity index (χ2v) is 9.99. The monoisotopic (exact) mass is 544 g/mol. The molecule has 1 aliphatic rings. The number of amidine groups is 1. The number of nitrogen functional groups attached to an aromatic ring is 1. The lowest BCUT2D eigenvalue weighted by Crippen LogP contribution is -2.49. The van der Waals surface area contributed by atoms with E-state index in [0.29, 0.717) is 25.0 Å². The molecule has 13 heteroatoms. The van der Waals surface area contributed by atoms with Gasteiger partial charge in [-0.2, -0.15) is 5.11 Å². The summed E-state index contributed by atoms with van der Waals surface area (Å²) < 4.78 is 19.5. The van der Waals surface area contributed by atoms with Gasteiger partial charge in [0.15, 0.2) is 11.6 Å². The van der Waals surface area contributed by atoms with Crippen molar-refractivity contribution >= 4 is 40.7 Å². The summed E-state index contributed by atoms with van der Waals surface area (Å²) in [7, 11) is 0. The lowest BCUT2D eigenvalue weighted by atomic mass is 9.77. The molecule has 3 rings (SSSR count). The first-order valence-electron chi connectivity index (χ1n) is 12.0. The van der Waals surface area contributed by atoms with Crippen molar-refractivity contribution in [3.8, 4) is 5.75 Å². The van der Waals surface area contributed by atoms with Gasteiger partial charge in [0.2, 0.25) is 5.91 Å². The van der Waals surface area contributed by atoms with E-state index in [1.54, 1.807) is 12.1 Å². The van der Waals surface area contributed by atoms with Gasteiger partial charge in [0.1, 0.15) is 17.3 Å². The van der Waals surface area contributed by atoms with Gasteiger partial charge < -0.3 is 20.9 Å². The van der Waals surface area contributed by atoms with Crippen molar-refractivity contribution < 1.29 is 28.6 Å². The Kier molecular flexibility index (Phi) is 9.40. The number of nitrogens with one attached hydrogen (secondary N) is 2. The van der Waals surface area contributed by atoms with E-state index in [1.165, 1.54) is 12.1 Å². The Morgan fingerprint density at radius 2 is 2.00 bits per heavy atom. The molecule has 0 unspecified atom stereocenters. The number of amides is 1. The third kappa shape index (κ3) is 6.85. The quantitative estimate of drug-likeness (QED) is 0.128. The summed E-state index contributed by atoms with van der Waals surface area (Å²) >= 11 is 1.14. The summed E-state index contributed by atoms with van der Waals surface area (Å²) in [5.74, 6) is -3.40. The van der Waals surface area contributed by atoms with Crippen LogP contribution in [0.2, 0.25) is 0 Å². The molecule has 0 saturated carbocycles. The molecule has 2 aromatic rings. The maximum absolute atomic E-state index is 14.3. The molecule has 1 aromatic heterocycles. The number of nitrogens with two attached hydrogens (primary N) is 1. The summed E-state index contributed by atoms with van der Waals surface area (Å²) in [5, 5.41) is 30.8. The molecule has 0 bridgehead atoms.